The zero-order valence-electron chi connectivity index (χ0n) is 7.66. The van der Waals surface area contributed by atoms with Crippen molar-refractivity contribution >= 4 is 11.9 Å². The average Bonchev–Trinajstić information content (AvgIpc) is 2.65. The standard InChI is InChI=1S/C8H8N6O/c9-7(15)5-2-1-3-6(12-5)14-4-11-8(10)13-14/h1-4H,(H2,9,15)(H2,10,13). The van der Waals surface area contributed by atoms with Crippen molar-refractivity contribution in [2.24, 2.45) is 5.73 Å². The monoisotopic (exact) mass is 204 g/mol. The van der Waals surface area contributed by atoms with Crippen LogP contribution < -0.4 is 11.5 Å². The summed E-state index contributed by atoms with van der Waals surface area (Å²) in [4.78, 5) is 18.6. The van der Waals surface area contributed by atoms with Gasteiger partial charge in [-0.2, -0.15) is 0 Å². The molecule has 1 amide bonds. The number of hydrogen-bond donors (Lipinski definition) is 2. The highest BCUT2D eigenvalue weighted by atomic mass is 16.1. The summed E-state index contributed by atoms with van der Waals surface area (Å²) < 4.78 is 1.36. The lowest BCUT2D eigenvalue weighted by atomic mass is 10.3. The van der Waals surface area contributed by atoms with Crippen LogP contribution in [0.4, 0.5) is 5.95 Å². The molecular weight excluding hydrogens is 196 g/mol. The van der Waals surface area contributed by atoms with Crippen molar-refractivity contribution in [2.75, 3.05) is 5.73 Å². The largest absolute Gasteiger partial charge is 0.366 e. The molecule has 2 rings (SSSR count). The minimum absolute atomic E-state index is 0.140. The van der Waals surface area contributed by atoms with E-state index in [1.165, 1.54) is 17.1 Å². The van der Waals surface area contributed by atoms with Crippen LogP contribution in [0.25, 0.3) is 5.82 Å². The third kappa shape index (κ3) is 1.75. The molecule has 2 aromatic rings. The topological polar surface area (TPSA) is 113 Å². The molecule has 2 heterocycles. The summed E-state index contributed by atoms with van der Waals surface area (Å²) in [7, 11) is 0. The van der Waals surface area contributed by atoms with Crippen LogP contribution in [0.3, 0.4) is 0 Å². The van der Waals surface area contributed by atoms with Gasteiger partial charge in [-0.05, 0) is 12.1 Å². The SMILES string of the molecule is NC(=O)c1cccc(-n2cnc(N)n2)n1. The third-order valence-corrected chi connectivity index (χ3v) is 1.73. The number of hydrogen-bond acceptors (Lipinski definition) is 5. The lowest BCUT2D eigenvalue weighted by Gasteiger charge is -2.00. The number of primary amides is 1. The van der Waals surface area contributed by atoms with Crippen molar-refractivity contribution in [3.63, 3.8) is 0 Å². The summed E-state index contributed by atoms with van der Waals surface area (Å²) in [6.07, 6.45) is 1.41. The second-order valence-electron chi connectivity index (χ2n) is 2.79. The summed E-state index contributed by atoms with van der Waals surface area (Å²) in [5.41, 5.74) is 10.6. The van der Waals surface area contributed by atoms with E-state index >= 15 is 0 Å². The molecule has 0 spiro atoms. The van der Waals surface area contributed by atoms with Crippen LogP contribution in [0, 0.1) is 0 Å². The van der Waals surface area contributed by atoms with Gasteiger partial charge in [-0.15, -0.1) is 5.10 Å². The number of carbonyl (C=O) groups excluding carboxylic acids is 1. The van der Waals surface area contributed by atoms with Gasteiger partial charge in [-0.1, -0.05) is 6.07 Å². The average molecular weight is 204 g/mol. The van der Waals surface area contributed by atoms with Gasteiger partial charge in [0.15, 0.2) is 5.82 Å². The van der Waals surface area contributed by atoms with E-state index < -0.39 is 5.91 Å². The van der Waals surface area contributed by atoms with Crippen LogP contribution in [0.1, 0.15) is 10.5 Å². The van der Waals surface area contributed by atoms with Crippen LogP contribution in [-0.4, -0.2) is 25.7 Å². The molecule has 7 heteroatoms. The quantitative estimate of drug-likeness (QED) is 0.674. The van der Waals surface area contributed by atoms with Crippen LogP contribution in [0.5, 0.6) is 0 Å². The first-order valence-electron chi connectivity index (χ1n) is 4.11. The Kier molecular flexibility index (Phi) is 2.05. The number of amides is 1. The number of nitrogens with zero attached hydrogens (tertiary/aromatic N) is 4. The van der Waals surface area contributed by atoms with E-state index in [4.69, 9.17) is 11.5 Å². The van der Waals surface area contributed by atoms with Crippen molar-refractivity contribution in [3.8, 4) is 5.82 Å². The molecular formula is C8H8N6O. The number of carbonyl (C=O) groups is 1. The van der Waals surface area contributed by atoms with Crippen LogP contribution in [0.15, 0.2) is 24.5 Å². The predicted molar refractivity (Wildman–Crippen MR) is 52.1 cm³/mol. The van der Waals surface area contributed by atoms with Crippen LogP contribution in [-0.2, 0) is 0 Å². The molecule has 0 saturated heterocycles. The number of nitrogens with two attached hydrogens (primary N) is 2. The van der Waals surface area contributed by atoms with E-state index in [-0.39, 0.29) is 11.6 Å². The molecule has 2 aromatic heterocycles. The van der Waals surface area contributed by atoms with E-state index in [2.05, 4.69) is 15.1 Å². The molecule has 0 aliphatic carbocycles. The zero-order valence-corrected chi connectivity index (χ0v) is 7.66. The molecule has 0 radical (unpaired) electrons. The molecule has 0 bridgehead atoms. The van der Waals surface area contributed by atoms with Crippen LogP contribution in [0.2, 0.25) is 0 Å². The summed E-state index contributed by atoms with van der Waals surface area (Å²) in [5.74, 6) is -0.0123. The number of anilines is 1. The first kappa shape index (κ1) is 9.13. The van der Waals surface area contributed by atoms with E-state index in [1.54, 1.807) is 12.1 Å². The minimum atomic E-state index is -0.593. The molecule has 4 N–H and O–H groups in total. The predicted octanol–water partition coefficient (Wildman–Crippen LogP) is -0.657. The molecule has 0 saturated carbocycles. The number of pyridine rings is 1. The fourth-order valence-electron chi connectivity index (χ4n) is 1.07. The first-order valence-corrected chi connectivity index (χ1v) is 4.11. The Morgan fingerprint density at radius 2 is 2.20 bits per heavy atom. The van der Waals surface area contributed by atoms with E-state index in [0.29, 0.717) is 5.82 Å². The lowest BCUT2D eigenvalue weighted by Crippen LogP contribution is -2.14. The van der Waals surface area contributed by atoms with Crippen molar-refractivity contribution in [1.29, 1.82) is 0 Å². The van der Waals surface area contributed by atoms with E-state index in [0.717, 1.165) is 0 Å². The summed E-state index contributed by atoms with van der Waals surface area (Å²) >= 11 is 0. The van der Waals surface area contributed by atoms with Gasteiger partial charge in [-0.25, -0.2) is 14.6 Å². The summed E-state index contributed by atoms with van der Waals surface area (Å²) in [6, 6.07) is 4.84. The third-order valence-electron chi connectivity index (χ3n) is 1.73. The van der Waals surface area contributed by atoms with Gasteiger partial charge in [0.25, 0.3) is 5.91 Å². The highest BCUT2D eigenvalue weighted by Crippen LogP contribution is 2.04. The molecule has 0 unspecified atom stereocenters. The molecule has 15 heavy (non-hydrogen) atoms. The fourth-order valence-corrected chi connectivity index (χ4v) is 1.07. The highest BCUT2D eigenvalue weighted by molar-refractivity contribution is 5.90. The minimum Gasteiger partial charge on any atom is -0.366 e. The summed E-state index contributed by atoms with van der Waals surface area (Å²) in [6.45, 7) is 0. The van der Waals surface area contributed by atoms with Crippen molar-refractivity contribution in [1.82, 2.24) is 19.7 Å². The van der Waals surface area contributed by atoms with Crippen LogP contribution >= 0.6 is 0 Å². The van der Waals surface area contributed by atoms with Gasteiger partial charge in [-0.3, -0.25) is 4.79 Å². The van der Waals surface area contributed by atoms with Gasteiger partial charge in [0.05, 0.1) is 0 Å². The Hall–Kier alpha value is -2.44. The normalized spacial score (nSPS) is 10.1. The molecule has 0 fully saturated rings. The van der Waals surface area contributed by atoms with Gasteiger partial charge >= 0.3 is 0 Å². The Balaban J connectivity index is 2.45. The maximum Gasteiger partial charge on any atom is 0.267 e. The lowest BCUT2D eigenvalue weighted by molar-refractivity contribution is 0.0995. The zero-order chi connectivity index (χ0) is 10.8. The van der Waals surface area contributed by atoms with E-state index in [9.17, 15) is 4.79 Å². The molecule has 0 aliphatic rings. The van der Waals surface area contributed by atoms with Gasteiger partial charge < -0.3 is 11.5 Å². The highest BCUT2D eigenvalue weighted by Gasteiger charge is 2.05. The second kappa shape index (κ2) is 3.37. The molecule has 0 atom stereocenters. The Bertz CT molecular complexity index is 505. The Morgan fingerprint density at radius 3 is 2.80 bits per heavy atom. The number of rotatable bonds is 2. The van der Waals surface area contributed by atoms with Crippen molar-refractivity contribution < 1.29 is 4.79 Å². The fraction of sp³-hybridized carbons (Fsp3) is 0. The second-order valence-corrected chi connectivity index (χ2v) is 2.79. The van der Waals surface area contributed by atoms with Gasteiger partial charge in [0, 0.05) is 0 Å². The molecule has 0 aromatic carbocycles. The van der Waals surface area contributed by atoms with Gasteiger partial charge in [0.1, 0.15) is 12.0 Å². The Labute approximate surface area is 84.7 Å². The van der Waals surface area contributed by atoms with E-state index in [1.807, 2.05) is 0 Å². The van der Waals surface area contributed by atoms with Crippen molar-refractivity contribution in [2.45, 2.75) is 0 Å². The van der Waals surface area contributed by atoms with Gasteiger partial charge in [0.2, 0.25) is 5.95 Å². The number of nitrogen functional groups attached to an aromatic ring is 1. The molecule has 0 aliphatic heterocycles. The number of aromatic nitrogens is 4. The molecule has 76 valence electrons. The Morgan fingerprint density at radius 1 is 1.40 bits per heavy atom. The maximum atomic E-state index is 10.9. The smallest absolute Gasteiger partial charge is 0.267 e. The summed E-state index contributed by atoms with van der Waals surface area (Å²) in [5, 5.41) is 3.85. The van der Waals surface area contributed by atoms with Crippen molar-refractivity contribution in [3.05, 3.63) is 30.2 Å². The maximum absolute atomic E-state index is 10.9. The molecule has 7 nitrogen and oxygen atoms in total. The first-order chi connectivity index (χ1) is 7.16.